The van der Waals surface area contributed by atoms with Gasteiger partial charge in [-0.1, -0.05) is 13.3 Å². The zero-order valence-corrected chi connectivity index (χ0v) is 15.7. The van der Waals surface area contributed by atoms with E-state index in [0.717, 1.165) is 30.4 Å². The Morgan fingerprint density at radius 1 is 1.30 bits per heavy atom. The molecule has 5 nitrogen and oxygen atoms in total. The minimum absolute atomic E-state index is 0.0170. The molecule has 2 aromatic rings. The fraction of sp³-hybridized carbons (Fsp3) is 0.389. The summed E-state index contributed by atoms with van der Waals surface area (Å²) in [5.41, 5.74) is 0.887. The van der Waals surface area contributed by atoms with Crippen LogP contribution in [0.25, 0.3) is 0 Å². The van der Waals surface area contributed by atoms with Crippen molar-refractivity contribution in [1.82, 2.24) is 4.98 Å². The summed E-state index contributed by atoms with van der Waals surface area (Å²) in [6.45, 7) is 3.67. The van der Waals surface area contributed by atoms with Gasteiger partial charge in [0, 0.05) is 23.1 Å². The van der Waals surface area contributed by atoms with Gasteiger partial charge in [-0.15, -0.1) is 11.3 Å². The van der Waals surface area contributed by atoms with E-state index in [2.05, 4.69) is 10.3 Å². The van der Waals surface area contributed by atoms with Gasteiger partial charge in [-0.3, -0.25) is 14.9 Å². The van der Waals surface area contributed by atoms with Gasteiger partial charge >= 0.3 is 12.1 Å². The van der Waals surface area contributed by atoms with Crippen molar-refractivity contribution >= 4 is 28.3 Å². The number of nitrogens with one attached hydrogen (secondary N) is 1. The van der Waals surface area contributed by atoms with E-state index in [1.807, 2.05) is 6.92 Å². The second-order valence-electron chi connectivity index (χ2n) is 5.94. The van der Waals surface area contributed by atoms with Crippen LogP contribution in [0.15, 0.2) is 24.4 Å². The molecular formula is C18H19F3N2O3S. The summed E-state index contributed by atoms with van der Waals surface area (Å²) in [5.74, 6) is -0.471. The van der Waals surface area contributed by atoms with Crippen LogP contribution in [0.1, 0.15) is 47.0 Å². The van der Waals surface area contributed by atoms with Crippen molar-refractivity contribution in [2.24, 2.45) is 0 Å². The Bertz CT molecular complexity index is 818. The number of anilines is 1. The van der Waals surface area contributed by atoms with Crippen molar-refractivity contribution in [1.29, 1.82) is 0 Å². The highest BCUT2D eigenvalue weighted by Crippen LogP contribution is 2.27. The number of amides is 1. The zero-order chi connectivity index (χ0) is 20.0. The van der Waals surface area contributed by atoms with Gasteiger partial charge in [-0.25, -0.2) is 4.98 Å². The van der Waals surface area contributed by atoms with E-state index in [1.165, 1.54) is 12.1 Å². The van der Waals surface area contributed by atoms with Gasteiger partial charge in [0.2, 0.25) is 0 Å². The van der Waals surface area contributed by atoms with Gasteiger partial charge in [0.25, 0.3) is 5.91 Å². The highest BCUT2D eigenvalue weighted by Gasteiger charge is 2.29. The summed E-state index contributed by atoms with van der Waals surface area (Å²) in [4.78, 5) is 27.8. The predicted octanol–water partition coefficient (Wildman–Crippen LogP) is 4.90. The zero-order valence-electron chi connectivity index (χ0n) is 14.9. The molecule has 1 aromatic heterocycles. The van der Waals surface area contributed by atoms with Crippen LogP contribution in [0, 0.1) is 6.92 Å². The lowest BCUT2D eigenvalue weighted by atomic mass is 10.1. The molecule has 0 atom stereocenters. The minimum atomic E-state index is -4.32. The van der Waals surface area contributed by atoms with Gasteiger partial charge in [-0.05, 0) is 37.1 Å². The molecule has 2 rings (SSSR count). The molecule has 146 valence electrons. The quantitative estimate of drug-likeness (QED) is 0.530. The fourth-order valence-corrected chi connectivity index (χ4v) is 3.05. The Hall–Kier alpha value is -2.42. The summed E-state index contributed by atoms with van der Waals surface area (Å²) in [6, 6.07) is 4.54. The number of carbonyl (C=O) groups excluding carboxylic acids is 2. The van der Waals surface area contributed by atoms with E-state index in [4.69, 9.17) is 4.74 Å². The molecule has 9 heteroatoms. The first-order chi connectivity index (χ1) is 12.7. The largest absolute Gasteiger partial charge is 0.426 e. The van der Waals surface area contributed by atoms with Gasteiger partial charge in [0.15, 0.2) is 5.13 Å². The second kappa shape index (κ2) is 8.98. The lowest BCUT2D eigenvalue weighted by Gasteiger charge is -2.09. The van der Waals surface area contributed by atoms with Crippen molar-refractivity contribution in [2.75, 3.05) is 5.32 Å². The Balaban J connectivity index is 2.00. The van der Waals surface area contributed by atoms with Gasteiger partial charge < -0.3 is 4.74 Å². The Labute approximate surface area is 158 Å². The summed E-state index contributed by atoms with van der Waals surface area (Å²) in [5, 5.41) is 2.56. The summed E-state index contributed by atoms with van der Waals surface area (Å²) in [7, 11) is 0. The smallest absolute Gasteiger partial charge is 0.393 e. The van der Waals surface area contributed by atoms with E-state index >= 15 is 0 Å². The maximum atomic E-state index is 12.4. The molecule has 0 aliphatic heterocycles. The molecular weight excluding hydrogens is 381 g/mol. The van der Waals surface area contributed by atoms with Gasteiger partial charge in [-0.2, -0.15) is 13.2 Å². The Morgan fingerprint density at radius 2 is 2.04 bits per heavy atom. The van der Waals surface area contributed by atoms with E-state index in [0.29, 0.717) is 17.7 Å². The Kier molecular flexibility index (Phi) is 6.95. The summed E-state index contributed by atoms with van der Waals surface area (Å²) < 4.78 is 42.4. The highest BCUT2D eigenvalue weighted by molar-refractivity contribution is 7.15. The van der Waals surface area contributed by atoms with E-state index in [-0.39, 0.29) is 21.5 Å². The number of aryl methyl sites for hydroxylation is 1. The molecule has 27 heavy (non-hydrogen) atoms. The van der Waals surface area contributed by atoms with Crippen LogP contribution >= 0.6 is 11.3 Å². The number of thiazole rings is 1. The number of alkyl halides is 3. The van der Waals surface area contributed by atoms with Crippen molar-refractivity contribution in [3.63, 3.8) is 0 Å². The molecule has 0 bridgehead atoms. The molecule has 0 spiro atoms. The average Bonchev–Trinajstić information content (AvgIpc) is 2.99. The van der Waals surface area contributed by atoms with Crippen molar-refractivity contribution < 1.29 is 27.5 Å². The number of hydrogen-bond acceptors (Lipinski definition) is 5. The summed E-state index contributed by atoms with van der Waals surface area (Å²) >= 11 is 0.774. The number of hydrogen-bond donors (Lipinski definition) is 1. The monoisotopic (exact) mass is 400 g/mol. The molecule has 0 aliphatic carbocycles. The topological polar surface area (TPSA) is 68.3 Å². The van der Waals surface area contributed by atoms with Crippen LogP contribution in [-0.2, 0) is 11.2 Å². The third-order valence-corrected chi connectivity index (χ3v) is 4.46. The molecule has 0 unspecified atom stereocenters. The molecule has 1 N–H and O–H groups in total. The number of rotatable bonds is 7. The normalized spacial score (nSPS) is 11.3. The maximum absolute atomic E-state index is 12.4. The third-order valence-electron chi connectivity index (χ3n) is 3.54. The standard InChI is InChI=1S/C18H19F3N2O3S/c1-3-4-5-15(24)26-14-7-6-12(8-11(14)2)16(25)23-17-22-10-13(27-17)9-18(19,20)21/h6-8,10H,3-5,9H2,1-2H3,(H,22,23,25). The maximum Gasteiger partial charge on any atom is 0.393 e. The molecule has 1 aromatic carbocycles. The summed E-state index contributed by atoms with van der Waals surface area (Å²) in [6.07, 6.45) is -2.37. The first-order valence-electron chi connectivity index (χ1n) is 8.32. The molecule has 0 radical (unpaired) electrons. The SMILES string of the molecule is CCCCC(=O)Oc1ccc(C(=O)Nc2ncc(CC(F)(F)F)s2)cc1C. The first-order valence-corrected chi connectivity index (χ1v) is 9.13. The molecule has 0 aliphatic rings. The minimum Gasteiger partial charge on any atom is -0.426 e. The fourth-order valence-electron chi connectivity index (χ4n) is 2.21. The van der Waals surface area contributed by atoms with Crippen LogP contribution in [0.4, 0.5) is 18.3 Å². The van der Waals surface area contributed by atoms with Crippen molar-refractivity contribution in [2.45, 2.75) is 45.7 Å². The van der Waals surface area contributed by atoms with Crippen LogP contribution in [0.3, 0.4) is 0 Å². The molecule has 0 saturated heterocycles. The van der Waals surface area contributed by atoms with Crippen LogP contribution in [0.2, 0.25) is 0 Å². The van der Waals surface area contributed by atoms with Gasteiger partial charge in [0.1, 0.15) is 5.75 Å². The first kappa shape index (κ1) is 20.9. The number of halogens is 3. The Morgan fingerprint density at radius 3 is 2.67 bits per heavy atom. The number of esters is 1. The van der Waals surface area contributed by atoms with Crippen molar-refractivity contribution in [3.05, 3.63) is 40.4 Å². The molecule has 0 saturated carbocycles. The highest BCUT2D eigenvalue weighted by atomic mass is 32.1. The predicted molar refractivity (Wildman–Crippen MR) is 96.2 cm³/mol. The third kappa shape index (κ3) is 6.67. The molecule has 0 fully saturated rings. The lowest BCUT2D eigenvalue weighted by molar-refractivity contribution is -0.134. The average molecular weight is 400 g/mol. The van der Waals surface area contributed by atoms with E-state index in [9.17, 15) is 22.8 Å². The van der Waals surface area contributed by atoms with Crippen LogP contribution < -0.4 is 10.1 Å². The number of carbonyl (C=O) groups is 2. The number of benzene rings is 1. The van der Waals surface area contributed by atoms with Crippen LogP contribution in [0.5, 0.6) is 5.75 Å². The van der Waals surface area contributed by atoms with E-state index in [1.54, 1.807) is 13.0 Å². The second-order valence-corrected chi connectivity index (χ2v) is 7.05. The van der Waals surface area contributed by atoms with Crippen LogP contribution in [-0.4, -0.2) is 23.0 Å². The molecule has 1 heterocycles. The van der Waals surface area contributed by atoms with Crippen molar-refractivity contribution in [3.8, 4) is 5.75 Å². The number of aromatic nitrogens is 1. The number of nitrogens with zero attached hydrogens (tertiary/aromatic N) is 1. The van der Waals surface area contributed by atoms with Gasteiger partial charge in [0.05, 0.1) is 6.42 Å². The number of unbranched alkanes of at least 4 members (excludes halogenated alkanes) is 1. The van der Waals surface area contributed by atoms with E-state index < -0.39 is 18.5 Å². The number of ether oxygens (including phenoxy) is 1. The lowest BCUT2D eigenvalue weighted by Crippen LogP contribution is -2.13. The molecule has 1 amide bonds.